The van der Waals surface area contributed by atoms with Crippen LogP contribution in [0.1, 0.15) is 27.0 Å². The van der Waals surface area contributed by atoms with E-state index in [-0.39, 0.29) is 11.3 Å². The first-order chi connectivity index (χ1) is 7.84. The van der Waals surface area contributed by atoms with Crippen molar-refractivity contribution in [1.29, 1.82) is 0 Å². The highest BCUT2D eigenvalue weighted by Gasteiger charge is 2.19. The first-order valence-electron chi connectivity index (χ1n) is 5.03. The van der Waals surface area contributed by atoms with E-state index >= 15 is 0 Å². The molecule has 0 unspecified atom stereocenters. The van der Waals surface area contributed by atoms with Gasteiger partial charge in [-0.3, -0.25) is 0 Å². The number of ether oxygens (including phenoxy) is 1. The summed E-state index contributed by atoms with van der Waals surface area (Å²) in [6, 6.07) is 1.74. The Balaban J connectivity index is 3.32. The SMILES string of the molecule is Cc1cc(C)c(C(=O)O)c(OCC(=O)O)c1C. The van der Waals surface area contributed by atoms with Crippen LogP contribution in [0.2, 0.25) is 0 Å². The van der Waals surface area contributed by atoms with Crippen LogP contribution < -0.4 is 4.74 Å². The first kappa shape index (κ1) is 13.0. The van der Waals surface area contributed by atoms with Gasteiger partial charge in [-0.15, -0.1) is 0 Å². The monoisotopic (exact) mass is 238 g/mol. The van der Waals surface area contributed by atoms with Crippen LogP contribution in [0.4, 0.5) is 0 Å². The van der Waals surface area contributed by atoms with Crippen LogP contribution in [0.5, 0.6) is 5.75 Å². The molecule has 1 rings (SSSR count). The second kappa shape index (κ2) is 4.86. The highest BCUT2D eigenvalue weighted by Crippen LogP contribution is 2.29. The van der Waals surface area contributed by atoms with Crippen molar-refractivity contribution in [1.82, 2.24) is 0 Å². The summed E-state index contributed by atoms with van der Waals surface area (Å²) >= 11 is 0. The molecule has 1 aromatic rings. The molecule has 0 aliphatic carbocycles. The summed E-state index contributed by atoms with van der Waals surface area (Å²) in [6.45, 7) is 4.63. The Morgan fingerprint density at radius 2 is 1.76 bits per heavy atom. The van der Waals surface area contributed by atoms with Gasteiger partial charge in [0.05, 0.1) is 0 Å². The van der Waals surface area contributed by atoms with Crippen LogP contribution in [0.3, 0.4) is 0 Å². The fourth-order valence-electron chi connectivity index (χ4n) is 1.63. The molecule has 0 atom stereocenters. The zero-order chi connectivity index (χ0) is 13.2. The summed E-state index contributed by atoms with van der Waals surface area (Å²) in [6.07, 6.45) is 0. The summed E-state index contributed by atoms with van der Waals surface area (Å²) in [4.78, 5) is 21.6. The fraction of sp³-hybridized carbons (Fsp3) is 0.333. The molecule has 92 valence electrons. The Bertz CT molecular complexity index is 476. The second-order valence-electron chi connectivity index (χ2n) is 3.83. The molecule has 0 aliphatic rings. The van der Waals surface area contributed by atoms with Gasteiger partial charge in [0.2, 0.25) is 0 Å². The minimum absolute atomic E-state index is 0.0225. The highest BCUT2D eigenvalue weighted by molar-refractivity contribution is 5.93. The molecule has 17 heavy (non-hydrogen) atoms. The lowest BCUT2D eigenvalue weighted by Gasteiger charge is -2.14. The minimum Gasteiger partial charge on any atom is -0.481 e. The molecule has 2 N–H and O–H groups in total. The number of carboxylic acid groups (broad SMARTS) is 2. The molecule has 5 heteroatoms. The predicted molar refractivity (Wildman–Crippen MR) is 60.7 cm³/mol. The fourth-order valence-corrected chi connectivity index (χ4v) is 1.63. The molecule has 0 amide bonds. The lowest BCUT2D eigenvalue weighted by molar-refractivity contribution is -0.139. The Hall–Kier alpha value is -2.04. The third kappa shape index (κ3) is 2.75. The molecule has 0 heterocycles. The number of aromatic carboxylic acids is 1. The summed E-state index contributed by atoms with van der Waals surface area (Å²) in [7, 11) is 0. The van der Waals surface area contributed by atoms with Crippen LogP contribution in [0.15, 0.2) is 6.07 Å². The Morgan fingerprint density at radius 3 is 2.24 bits per heavy atom. The molecular formula is C12H14O5. The number of rotatable bonds is 4. The molecular weight excluding hydrogens is 224 g/mol. The van der Waals surface area contributed by atoms with Crippen LogP contribution in [-0.2, 0) is 4.79 Å². The highest BCUT2D eigenvalue weighted by atomic mass is 16.5. The van der Waals surface area contributed by atoms with Crippen LogP contribution in [0, 0.1) is 20.8 Å². The molecule has 0 saturated carbocycles. The number of hydrogen-bond acceptors (Lipinski definition) is 3. The zero-order valence-corrected chi connectivity index (χ0v) is 9.90. The second-order valence-corrected chi connectivity index (χ2v) is 3.83. The van der Waals surface area contributed by atoms with Gasteiger partial charge in [0, 0.05) is 0 Å². The van der Waals surface area contributed by atoms with E-state index in [1.807, 2.05) is 6.92 Å². The molecule has 5 nitrogen and oxygen atoms in total. The maximum atomic E-state index is 11.1. The summed E-state index contributed by atoms with van der Waals surface area (Å²) in [5, 5.41) is 17.7. The van der Waals surface area contributed by atoms with E-state index in [2.05, 4.69) is 0 Å². The molecule has 0 radical (unpaired) electrons. The van der Waals surface area contributed by atoms with Gasteiger partial charge in [-0.2, -0.15) is 0 Å². The topological polar surface area (TPSA) is 83.8 Å². The van der Waals surface area contributed by atoms with Crippen LogP contribution >= 0.6 is 0 Å². The molecule has 0 saturated heterocycles. The molecule has 0 aliphatic heterocycles. The van der Waals surface area contributed by atoms with Gasteiger partial charge in [0.1, 0.15) is 11.3 Å². The Kier molecular flexibility index (Phi) is 3.73. The quantitative estimate of drug-likeness (QED) is 0.835. The minimum atomic E-state index is -1.14. The van der Waals surface area contributed by atoms with Gasteiger partial charge in [-0.1, -0.05) is 6.07 Å². The number of aliphatic carboxylic acids is 1. The van der Waals surface area contributed by atoms with Crippen molar-refractivity contribution in [3.8, 4) is 5.75 Å². The smallest absolute Gasteiger partial charge is 0.341 e. The van der Waals surface area contributed by atoms with Gasteiger partial charge < -0.3 is 14.9 Å². The van der Waals surface area contributed by atoms with Crippen molar-refractivity contribution in [3.05, 3.63) is 28.3 Å². The van der Waals surface area contributed by atoms with E-state index in [1.54, 1.807) is 19.9 Å². The van der Waals surface area contributed by atoms with E-state index in [9.17, 15) is 9.59 Å². The normalized spacial score (nSPS) is 10.1. The van der Waals surface area contributed by atoms with Crippen molar-refractivity contribution in [2.45, 2.75) is 20.8 Å². The zero-order valence-electron chi connectivity index (χ0n) is 9.90. The number of aryl methyl sites for hydroxylation is 2. The summed E-state index contributed by atoms with van der Waals surface area (Å²) in [5.41, 5.74) is 2.09. The molecule has 0 aromatic heterocycles. The number of carbonyl (C=O) groups is 2. The van der Waals surface area contributed by atoms with Crippen molar-refractivity contribution in [3.63, 3.8) is 0 Å². The van der Waals surface area contributed by atoms with Crippen molar-refractivity contribution in [2.24, 2.45) is 0 Å². The van der Waals surface area contributed by atoms with Gasteiger partial charge in [-0.25, -0.2) is 9.59 Å². The third-order valence-electron chi connectivity index (χ3n) is 2.54. The molecule has 0 fully saturated rings. The van der Waals surface area contributed by atoms with E-state index in [4.69, 9.17) is 14.9 Å². The number of benzene rings is 1. The molecule has 1 aromatic carbocycles. The van der Waals surface area contributed by atoms with E-state index in [1.165, 1.54) is 0 Å². The average molecular weight is 238 g/mol. The lowest BCUT2D eigenvalue weighted by atomic mass is 9.99. The largest absolute Gasteiger partial charge is 0.481 e. The van der Waals surface area contributed by atoms with Gasteiger partial charge in [-0.05, 0) is 37.5 Å². The predicted octanol–water partition coefficient (Wildman–Crippen LogP) is 1.77. The van der Waals surface area contributed by atoms with Crippen molar-refractivity contribution in [2.75, 3.05) is 6.61 Å². The Morgan fingerprint density at radius 1 is 1.18 bits per heavy atom. The van der Waals surface area contributed by atoms with E-state index in [0.717, 1.165) is 5.56 Å². The van der Waals surface area contributed by atoms with Gasteiger partial charge in [0.25, 0.3) is 0 Å². The van der Waals surface area contributed by atoms with Crippen molar-refractivity contribution >= 4 is 11.9 Å². The summed E-state index contributed by atoms with van der Waals surface area (Å²) < 4.78 is 5.07. The third-order valence-corrected chi connectivity index (χ3v) is 2.54. The maximum Gasteiger partial charge on any atom is 0.341 e. The van der Waals surface area contributed by atoms with Crippen molar-refractivity contribution < 1.29 is 24.5 Å². The summed E-state index contributed by atoms with van der Waals surface area (Å²) in [5.74, 6) is -2.12. The van der Waals surface area contributed by atoms with Gasteiger partial charge >= 0.3 is 11.9 Å². The first-order valence-corrected chi connectivity index (χ1v) is 5.03. The van der Waals surface area contributed by atoms with E-state index < -0.39 is 18.5 Å². The number of carboxylic acids is 2. The average Bonchev–Trinajstić information content (AvgIpc) is 2.20. The Labute approximate surface area is 98.6 Å². The maximum absolute atomic E-state index is 11.1. The number of hydrogen-bond donors (Lipinski definition) is 2. The van der Waals surface area contributed by atoms with Crippen LogP contribution in [0.25, 0.3) is 0 Å². The standard InChI is InChI=1S/C12H14O5/c1-6-4-7(2)10(12(15)16)11(8(6)3)17-5-9(13)14/h4H,5H2,1-3H3,(H,13,14)(H,15,16). The van der Waals surface area contributed by atoms with Gasteiger partial charge in [0.15, 0.2) is 6.61 Å². The van der Waals surface area contributed by atoms with Crippen LogP contribution in [-0.4, -0.2) is 28.8 Å². The van der Waals surface area contributed by atoms with E-state index in [0.29, 0.717) is 11.1 Å². The lowest BCUT2D eigenvalue weighted by Crippen LogP contribution is -2.14. The molecule has 0 spiro atoms. The molecule has 0 bridgehead atoms.